The molecule has 0 saturated carbocycles. The zero-order valence-corrected chi connectivity index (χ0v) is 16.9. The van der Waals surface area contributed by atoms with Crippen molar-refractivity contribution in [1.29, 1.82) is 0 Å². The van der Waals surface area contributed by atoms with Crippen molar-refractivity contribution in [3.05, 3.63) is 51.1 Å². The Kier molecular flexibility index (Phi) is 7.24. The predicted molar refractivity (Wildman–Crippen MR) is 103 cm³/mol. The molecular formula is C20H23NO8. The van der Waals surface area contributed by atoms with Gasteiger partial charge < -0.3 is 28.7 Å². The molecule has 156 valence electrons. The lowest BCUT2D eigenvalue weighted by Crippen LogP contribution is -2.29. The van der Waals surface area contributed by atoms with Gasteiger partial charge in [0.1, 0.15) is 17.1 Å². The SMILES string of the molecule is COc1cc(OC)c(OC)cc1CNC(=O)COC(=O)c1c(C)cc(=O)oc1C. The molecule has 1 amide bonds. The van der Waals surface area contributed by atoms with E-state index in [4.69, 9.17) is 23.4 Å². The highest BCUT2D eigenvalue weighted by atomic mass is 16.5. The van der Waals surface area contributed by atoms with Crippen LogP contribution in [0.25, 0.3) is 0 Å². The summed E-state index contributed by atoms with van der Waals surface area (Å²) in [4.78, 5) is 35.6. The van der Waals surface area contributed by atoms with Crippen molar-refractivity contribution >= 4 is 11.9 Å². The maximum absolute atomic E-state index is 12.2. The van der Waals surface area contributed by atoms with E-state index in [1.54, 1.807) is 19.1 Å². The summed E-state index contributed by atoms with van der Waals surface area (Å²) in [6.07, 6.45) is 0. The standard InChI is InChI=1S/C20H23NO8/c1-11-6-18(23)29-12(2)19(11)20(24)28-10-17(22)21-9-13-7-15(26-4)16(27-5)8-14(13)25-3/h6-8H,9-10H2,1-5H3,(H,21,22). The van der Waals surface area contributed by atoms with E-state index in [1.807, 2.05) is 0 Å². The Morgan fingerprint density at radius 3 is 2.17 bits per heavy atom. The minimum atomic E-state index is -0.748. The van der Waals surface area contributed by atoms with E-state index >= 15 is 0 Å². The average Bonchev–Trinajstić information content (AvgIpc) is 2.69. The summed E-state index contributed by atoms with van der Waals surface area (Å²) in [5, 5.41) is 2.64. The van der Waals surface area contributed by atoms with Gasteiger partial charge in [-0.15, -0.1) is 0 Å². The molecule has 0 saturated heterocycles. The first-order chi connectivity index (χ1) is 13.8. The first-order valence-corrected chi connectivity index (χ1v) is 8.64. The molecule has 1 aromatic carbocycles. The van der Waals surface area contributed by atoms with Crippen molar-refractivity contribution in [1.82, 2.24) is 5.32 Å². The summed E-state index contributed by atoms with van der Waals surface area (Å²) in [7, 11) is 4.51. The number of nitrogens with one attached hydrogen (secondary N) is 1. The smallest absolute Gasteiger partial charge is 0.342 e. The maximum atomic E-state index is 12.2. The highest BCUT2D eigenvalue weighted by molar-refractivity contribution is 5.93. The van der Waals surface area contributed by atoms with Crippen molar-refractivity contribution in [3.63, 3.8) is 0 Å². The Balaban J connectivity index is 2.00. The molecule has 1 aromatic heterocycles. The average molecular weight is 405 g/mol. The van der Waals surface area contributed by atoms with Gasteiger partial charge in [0.25, 0.3) is 5.91 Å². The lowest BCUT2D eigenvalue weighted by atomic mass is 10.1. The highest BCUT2D eigenvalue weighted by Crippen LogP contribution is 2.34. The Morgan fingerprint density at radius 1 is 0.966 bits per heavy atom. The second-order valence-corrected chi connectivity index (χ2v) is 6.05. The Hall–Kier alpha value is -3.49. The monoisotopic (exact) mass is 405 g/mol. The molecule has 0 radical (unpaired) electrons. The number of esters is 1. The lowest BCUT2D eigenvalue weighted by molar-refractivity contribution is -0.124. The second-order valence-electron chi connectivity index (χ2n) is 6.05. The summed E-state index contributed by atoms with van der Waals surface area (Å²) in [5.74, 6) is 0.362. The number of aryl methyl sites for hydroxylation is 2. The van der Waals surface area contributed by atoms with Crippen molar-refractivity contribution in [2.45, 2.75) is 20.4 Å². The molecule has 0 bridgehead atoms. The number of carbonyl (C=O) groups is 2. The van der Waals surface area contributed by atoms with Crippen LogP contribution in [0.1, 0.15) is 27.2 Å². The van der Waals surface area contributed by atoms with Crippen molar-refractivity contribution in [2.75, 3.05) is 27.9 Å². The van der Waals surface area contributed by atoms with Crippen LogP contribution in [0.15, 0.2) is 27.4 Å². The summed E-state index contributed by atoms with van der Waals surface area (Å²) in [6.45, 7) is 2.70. The second kappa shape index (κ2) is 9.63. The van der Waals surface area contributed by atoms with Gasteiger partial charge in [0, 0.05) is 24.2 Å². The zero-order valence-electron chi connectivity index (χ0n) is 16.9. The van der Waals surface area contributed by atoms with E-state index in [-0.39, 0.29) is 17.9 Å². The normalized spacial score (nSPS) is 10.2. The van der Waals surface area contributed by atoms with Crippen LogP contribution in [-0.2, 0) is 16.1 Å². The van der Waals surface area contributed by atoms with Crippen LogP contribution in [-0.4, -0.2) is 39.8 Å². The van der Waals surface area contributed by atoms with Crippen LogP contribution in [0, 0.1) is 13.8 Å². The number of ether oxygens (including phenoxy) is 4. The number of rotatable bonds is 8. The minimum absolute atomic E-state index is 0.123. The largest absolute Gasteiger partial charge is 0.496 e. The third-order valence-corrected chi connectivity index (χ3v) is 4.14. The van der Waals surface area contributed by atoms with E-state index in [0.29, 0.717) is 28.4 Å². The van der Waals surface area contributed by atoms with Gasteiger partial charge in [-0.2, -0.15) is 0 Å². The summed E-state index contributed by atoms with van der Waals surface area (Å²) >= 11 is 0. The number of hydrogen-bond acceptors (Lipinski definition) is 8. The van der Waals surface area contributed by atoms with Gasteiger partial charge in [-0.3, -0.25) is 4.79 Å². The van der Waals surface area contributed by atoms with Gasteiger partial charge in [-0.25, -0.2) is 9.59 Å². The summed E-state index contributed by atoms with van der Waals surface area (Å²) in [6, 6.07) is 4.52. The van der Waals surface area contributed by atoms with Crippen LogP contribution in [0.4, 0.5) is 0 Å². The number of carbonyl (C=O) groups excluding carboxylic acids is 2. The van der Waals surface area contributed by atoms with Crippen LogP contribution in [0.5, 0.6) is 17.2 Å². The van der Waals surface area contributed by atoms with Crippen molar-refractivity contribution in [3.8, 4) is 17.2 Å². The number of amides is 1. The van der Waals surface area contributed by atoms with E-state index < -0.39 is 24.1 Å². The van der Waals surface area contributed by atoms with Crippen LogP contribution < -0.4 is 25.2 Å². The summed E-state index contributed by atoms with van der Waals surface area (Å²) in [5.41, 5.74) is 0.637. The molecular weight excluding hydrogens is 382 g/mol. The molecule has 0 spiro atoms. The third-order valence-electron chi connectivity index (χ3n) is 4.14. The molecule has 0 unspecified atom stereocenters. The Labute approximate surface area is 167 Å². The first kappa shape index (κ1) is 21.8. The van der Waals surface area contributed by atoms with Gasteiger partial charge in [-0.05, 0) is 25.5 Å². The Morgan fingerprint density at radius 2 is 1.59 bits per heavy atom. The van der Waals surface area contributed by atoms with E-state index in [0.717, 1.165) is 0 Å². The van der Waals surface area contributed by atoms with Gasteiger partial charge >= 0.3 is 11.6 Å². The van der Waals surface area contributed by atoms with Gasteiger partial charge in [0.15, 0.2) is 18.1 Å². The molecule has 29 heavy (non-hydrogen) atoms. The van der Waals surface area contributed by atoms with Crippen molar-refractivity contribution < 1.29 is 33.0 Å². The molecule has 1 heterocycles. The fourth-order valence-corrected chi connectivity index (χ4v) is 2.74. The fraction of sp³-hybridized carbons (Fsp3) is 0.350. The zero-order chi connectivity index (χ0) is 21.6. The quantitative estimate of drug-likeness (QED) is 0.661. The maximum Gasteiger partial charge on any atom is 0.342 e. The van der Waals surface area contributed by atoms with Gasteiger partial charge in [0.05, 0.1) is 21.3 Å². The third kappa shape index (κ3) is 5.28. The highest BCUT2D eigenvalue weighted by Gasteiger charge is 2.18. The number of hydrogen-bond donors (Lipinski definition) is 1. The van der Waals surface area contributed by atoms with Crippen LogP contribution in [0.2, 0.25) is 0 Å². The topological polar surface area (TPSA) is 113 Å². The van der Waals surface area contributed by atoms with E-state index in [1.165, 1.54) is 34.3 Å². The van der Waals surface area contributed by atoms with Gasteiger partial charge in [-0.1, -0.05) is 0 Å². The minimum Gasteiger partial charge on any atom is -0.496 e. The molecule has 2 rings (SSSR count). The van der Waals surface area contributed by atoms with Crippen molar-refractivity contribution in [2.24, 2.45) is 0 Å². The first-order valence-electron chi connectivity index (χ1n) is 8.64. The van der Waals surface area contributed by atoms with Crippen LogP contribution in [0.3, 0.4) is 0 Å². The van der Waals surface area contributed by atoms with Gasteiger partial charge in [0.2, 0.25) is 0 Å². The van der Waals surface area contributed by atoms with E-state index in [9.17, 15) is 14.4 Å². The fourth-order valence-electron chi connectivity index (χ4n) is 2.74. The molecule has 9 nitrogen and oxygen atoms in total. The molecule has 9 heteroatoms. The molecule has 0 atom stereocenters. The van der Waals surface area contributed by atoms with Crippen LogP contribution >= 0.6 is 0 Å². The molecule has 0 aliphatic heterocycles. The molecule has 0 aliphatic carbocycles. The molecule has 0 fully saturated rings. The molecule has 0 aliphatic rings. The number of benzene rings is 1. The predicted octanol–water partition coefficient (Wildman–Crippen LogP) is 1.76. The molecule has 1 N–H and O–H groups in total. The summed E-state index contributed by atoms with van der Waals surface area (Å²) < 4.78 is 25.7. The lowest BCUT2D eigenvalue weighted by Gasteiger charge is -2.14. The van der Waals surface area contributed by atoms with E-state index in [2.05, 4.69) is 5.32 Å². The Bertz CT molecular complexity index is 937. The molecule has 2 aromatic rings. The number of methoxy groups -OCH3 is 3.